The molecule has 1 fully saturated rings. The van der Waals surface area contributed by atoms with Crippen molar-refractivity contribution < 1.29 is 19.5 Å². The predicted molar refractivity (Wildman–Crippen MR) is 64.3 cm³/mol. The van der Waals surface area contributed by atoms with Crippen LogP contribution in [0.25, 0.3) is 0 Å². The zero-order valence-corrected chi connectivity index (χ0v) is 10.1. The summed E-state index contributed by atoms with van der Waals surface area (Å²) in [5.74, 6) is -1.94. The quantitative estimate of drug-likeness (QED) is 0.765. The molecule has 1 atom stereocenters. The highest BCUT2D eigenvalue weighted by Gasteiger charge is 2.35. The molecule has 1 aliphatic rings. The summed E-state index contributed by atoms with van der Waals surface area (Å²) >= 11 is 0. The first kappa shape index (κ1) is 13.0. The van der Waals surface area contributed by atoms with E-state index in [-0.39, 0.29) is 12.5 Å². The minimum absolute atomic E-state index is 0.289. The molecule has 0 aromatic carbocycles. The van der Waals surface area contributed by atoms with Crippen molar-refractivity contribution >= 4 is 17.8 Å². The van der Waals surface area contributed by atoms with Crippen LogP contribution in [0.5, 0.6) is 0 Å². The lowest BCUT2D eigenvalue weighted by atomic mass is 10.1. The number of nitrogens with one attached hydrogen (secondary N) is 1. The minimum Gasteiger partial charge on any atom is -0.481 e. The van der Waals surface area contributed by atoms with Crippen molar-refractivity contribution in [3.63, 3.8) is 0 Å². The maximum absolute atomic E-state index is 12.3. The molecule has 1 unspecified atom stereocenters. The predicted octanol–water partition coefficient (Wildman–Crippen LogP) is -0.503. The fraction of sp³-hybridized carbons (Fsp3) is 0.333. The molecule has 19 heavy (non-hydrogen) atoms. The largest absolute Gasteiger partial charge is 0.481 e. The fourth-order valence-electron chi connectivity index (χ4n) is 1.98. The van der Waals surface area contributed by atoms with Crippen molar-refractivity contribution in [3.05, 3.63) is 30.1 Å². The number of pyridine rings is 1. The minimum atomic E-state index is -1.12. The van der Waals surface area contributed by atoms with Gasteiger partial charge in [0.1, 0.15) is 6.04 Å². The topological polar surface area (TPSA) is 99.6 Å². The summed E-state index contributed by atoms with van der Waals surface area (Å²) in [7, 11) is 0. The molecule has 2 rings (SSSR count). The summed E-state index contributed by atoms with van der Waals surface area (Å²) in [5, 5.41) is 11.4. The molecule has 0 radical (unpaired) electrons. The lowest BCUT2D eigenvalue weighted by Gasteiger charge is -2.34. The number of carboxylic acids is 1. The van der Waals surface area contributed by atoms with E-state index < -0.39 is 24.3 Å². The fourth-order valence-corrected chi connectivity index (χ4v) is 1.98. The van der Waals surface area contributed by atoms with Crippen LogP contribution >= 0.6 is 0 Å². The molecule has 1 aromatic rings. The summed E-state index contributed by atoms with van der Waals surface area (Å²) in [5.41, 5.74) is 0.340. The van der Waals surface area contributed by atoms with E-state index in [0.29, 0.717) is 12.1 Å². The number of carbonyl (C=O) groups excluding carboxylic acids is 2. The Morgan fingerprint density at radius 2 is 2.32 bits per heavy atom. The first-order chi connectivity index (χ1) is 9.09. The van der Waals surface area contributed by atoms with Crippen molar-refractivity contribution in [2.45, 2.75) is 12.5 Å². The lowest BCUT2D eigenvalue weighted by Crippen LogP contribution is -2.57. The molecule has 7 nitrogen and oxygen atoms in total. The van der Waals surface area contributed by atoms with Crippen LogP contribution in [0.1, 0.15) is 16.8 Å². The van der Waals surface area contributed by atoms with E-state index in [1.807, 2.05) is 0 Å². The van der Waals surface area contributed by atoms with Crippen LogP contribution in [-0.2, 0) is 9.59 Å². The smallest absolute Gasteiger partial charge is 0.305 e. The van der Waals surface area contributed by atoms with E-state index in [1.165, 1.54) is 17.3 Å². The molecule has 2 amide bonds. The average molecular weight is 263 g/mol. The Balaban J connectivity index is 2.22. The maximum atomic E-state index is 12.3. The zero-order chi connectivity index (χ0) is 13.8. The standard InChI is InChI=1S/C12H13N3O4/c16-10(17)6-9-11(18)14-4-5-15(9)12(19)8-2-1-3-13-7-8/h1-3,7,9H,4-6H2,(H,14,18)(H,16,17). The second-order valence-corrected chi connectivity index (χ2v) is 4.14. The summed E-state index contributed by atoms with van der Waals surface area (Å²) in [6, 6.07) is 2.22. The highest BCUT2D eigenvalue weighted by Crippen LogP contribution is 2.13. The molecule has 0 saturated carbocycles. The Morgan fingerprint density at radius 3 is 2.95 bits per heavy atom. The van der Waals surface area contributed by atoms with E-state index in [2.05, 4.69) is 10.3 Å². The van der Waals surface area contributed by atoms with Gasteiger partial charge in [0.25, 0.3) is 5.91 Å². The van der Waals surface area contributed by atoms with Crippen molar-refractivity contribution in [2.75, 3.05) is 13.1 Å². The second-order valence-electron chi connectivity index (χ2n) is 4.14. The molecule has 100 valence electrons. The molecule has 2 heterocycles. The number of hydrogen-bond acceptors (Lipinski definition) is 4. The first-order valence-corrected chi connectivity index (χ1v) is 5.80. The van der Waals surface area contributed by atoms with Crippen LogP contribution in [0.2, 0.25) is 0 Å². The number of hydrogen-bond donors (Lipinski definition) is 2. The van der Waals surface area contributed by atoms with Gasteiger partial charge in [-0.25, -0.2) is 0 Å². The summed E-state index contributed by atoms with van der Waals surface area (Å²) in [6.07, 6.45) is 2.53. The molecule has 0 bridgehead atoms. The Labute approximate surface area is 109 Å². The van der Waals surface area contributed by atoms with Crippen LogP contribution in [0, 0.1) is 0 Å². The Hall–Kier alpha value is -2.44. The van der Waals surface area contributed by atoms with Gasteiger partial charge in [0.15, 0.2) is 0 Å². The zero-order valence-electron chi connectivity index (χ0n) is 10.1. The third-order valence-electron chi connectivity index (χ3n) is 2.87. The summed E-state index contributed by atoms with van der Waals surface area (Å²) in [4.78, 5) is 39.9. The van der Waals surface area contributed by atoms with Crippen LogP contribution in [0.4, 0.5) is 0 Å². The van der Waals surface area contributed by atoms with Crippen LogP contribution in [0.15, 0.2) is 24.5 Å². The number of carbonyl (C=O) groups is 3. The van der Waals surface area contributed by atoms with Crippen molar-refractivity contribution in [3.8, 4) is 0 Å². The second kappa shape index (κ2) is 5.47. The van der Waals surface area contributed by atoms with Gasteiger partial charge in [-0.1, -0.05) is 0 Å². The van der Waals surface area contributed by atoms with Crippen LogP contribution in [0.3, 0.4) is 0 Å². The number of aromatic nitrogens is 1. The van der Waals surface area contributed by atoms with Gasteiger partial charge in [0, 0.05) is 25.5 Å². The van der Waals surface area contributed by atoms with E-state index in [0.717, 1.165) is 0 Å². The summed E-state index contributed by atoms with van der Waals surface area (Å²) < 4.78 is 0. The van der Waals surface area contributed by atoms with Crippen molar-refractivity contribution in [1.82, 2.24) is 15.2 Å². The van der Waals surface area contributed by atoms with Gasteiger partial charge in [-0.05, 0) is 12.1 Å². The molecule has 1 saturated heterocycles. The molecular weight excluding hydrogens is 250 g/mol. The van der Waals surface area contributed by atoms with E-state index >= 15 is 0 Å². The highest BCUT2D eigenvalue weighted by molar-refractivity contribution is 5.99. The lowest BCUT2D eigenvalue weighted by molar-refractivity contribution is -0.142. The maximum Gasteiger partial charge on any atom is 0.305 e. The molecule has 0 spiro atoms. The molecule has 1 aromatic heterocycles. The van der Waals surface area contributed by atoms with Gasteiger partial charge in [0.2, 0.25) is 5.91 Å². The molecule has 0 aliphatic carbocycles. The highest BCUT2D eigenvalue weighted by atomic mass is 16.4. The first-order valence-electron chi connectivity index (χ1n) is 5.80. The average Bonchev–Trinajstić information content (AvgIpc) is 2.41. The molecule has 7 heteroatoms. The van der Waals surface area contributed by atoms with E-state index in [1.54, 1.807) is 12.1 Å². The number of carboxylic acid groups (broad SMARTS) is 1. The van der Waals surface area contributed by atoms with Crippen molar-refractivity contribution in [1.29, 1.82) is 0 Å². The normalized spacial score (nSPS) is 18.8. The van der Waals surface area contributed by atoms with Gasteiger partial charge < -0.3 is 15.3 Å². The molecular formula is C12H13N3O4. The Morgan fingerprint density at radius 1 is 1.53 bits per heavy atom. The molecule has 1 aliphatic heterocycles. The van der Waals surface area contributed by atoms with Gasteiger partial charge in [-0.15, -0.1) is 0 Å². The monoisotopic (exact) mass is 263 g/mol. The van der Waals surface area contributed by atoms with E-state index in [9.17, 15) is 14.4 Å². The van der Waals surface area contributed by atoms with E-state index in [4.69, 9.17) is 5.11 Å². The molecule has 2 N–H and O–H groups in total. The van der Waals surface area contributed by atoms with Crippen molar-refractivity contribution in [2.24, 2.45) is 0 Å². The number of amides is 2. The van der Waals surface area contributed by atoms with Crippen LogP contribution < -0.4 is 5.32 Å². The van der Waals surface area contributed by atoms with Gasteiger partial charge in [-0.2, -0.15) is 0 Å². The van der Waals surface area contributed by atoms with Gasteiger partial charge in [-0.3, -0.25) is 19.4 Å². The Bertz CT molecular complexity index is 503. The third kappa shape index (κ3) is 2.87. The number of nitrogens with zero attached hydrogens (tertiary/aromatic N) is 2. The number of piperazine rings is 1. The van der Waals surface area contributed by atoms with Gasteiger partial charge in [0.05, 0.1) is 12.0 Å². The van der Waals surface area contributed by atoms with Crippen LogP contribution in [-0.4, -0.2) is 51.9 Å². The third-order valence-corrected chi connectivity index (χ3v) is 2.87. The van der Waals surface area contributed by atoms with Gasteiger partial charge >= 0.3 is 5.97 Å². The summed E-state index contributed by atoms with van der Waals surface area (Å²) in [6.45, 7) is 0.609. The Kier molecular flexibility index (Phi) is 3.74. The number of rotatable bonds is 3. The SMILES string of the molecule is O=C(O)CC1C(=O)NCCN1C(=O)c1cccnc1. The number of aliphatic carboxylic acids is 1.